The van der Waals surface area contributed by atoms with E-state index in [9.17, 15) is 16.8 Å². The van der Waals surface area contributed by atoms with E-state index in [1.54, 1.807) is 7.11 Å². The zero-order valence-corrected chi connectivity index (χ0v) is 56.1. The molecule has 3 aromatic heterocycles. The van der Waals surface area contributed by atoms with Crippen molar-refractivity contribution in [1.82, 2.24) is 24.2 Å². The molecule has 0 bridgehead atoms. The van der Waals surface area contributed by atoms with Crippen molar-refractivity contribution in [2.45, 2.75) is 121 Å². The summed E-state index contributed by atoms with van der Waals surface area (Å²) in [6.07, 6.45) is 7.33. The summed E-state index contributed by atoms with van der Waals surface area (Å²) < 4.78 is 94.5. The van der Waals surface area contributed by atoms with Gasteiger partial charge in [-0.1, -0.05) is 116 Å². The molecule has 0 radical (unpaired) electrons. The van der Waals surface area contributed by atoms with Crippen molar-refractivity contribution < 1.29 is 50.0 Å². The minimum atomic E-state index is -3.61. The van der Waals surface area contributed by atoms with Crippen molar-refractivity contribution >= 4 is 130 Å². The van der Waals surface area contributed by atoms with E-state index in [4.69, 9.17) is 54.7 Å². The fourth-order valence-electron chi connectivity index (χ4n) is 12.5. The number of fused-ring (bicyclic) bond motifs is 7. The average Bonchev–Trinajstić information content (AvgIpc) is 3.91. The number of morpholine rings is 2. The van der Waals surface area contributed by atoms with Crippen molar-refractivity contribution in [2.75, 3.05) is 114 Å². The summed E-state index contributed by atoms with van der Waals surface area (Å²) >= 11 is 13.1. The topological polar surface area (TPSA) is 196 Å². The molecule has 77 heavy (non-hydrogen) atoms. The van der Waals surface area contributed by atoms with Gasteiger partial charge in [-0.15, -0.1) is 0 Å². The Morgan fingerprint density at radius 2 is 1.14 bits per heavy atom. The third-order valence-corrected chi connectivity index (χ3v) is 28.9. The van der Waals surface area contributed by atoms with Crippen LogP contribution < -0.4 is 24.0 Å². The number of nitrogens with zero attached hydrogens (tertiary/aromatic N) is 7. The normalized spacial score (nSPS) is 21.0. The van der Waals surface area contributed by atoms with Crippen molar-refractivity contribution in [2.24, 2.45) is 0 Å². The van der Waals surface area contributed by atoms with E-state index >= 15 is 0 Å². The standard InChI is InChI=1S/C33H48N4O6SSi.C15H20ClN3O5S.C3H6I2.CH3I/c1-21(2)45(22(3)4,23(5)6)37-14-11-25-26(9-10-27(40-7)28(25)37)31-34-30(33(44(8,38)39)12-16-41-17-13-33)29-32(35-31)36-15-18-42-19-24(36)20-43-29;1-25(20,21)15(2-5-22-6-3-15)12-11-13(18-14(16)17-12)19-4-7-23-8-10(19)9-24-11;1-2-3(4)5;1-2/h9-11,14,21-24H,12-13,15-20H2,1-8H3;10H,2-9H2,1H3;3H,2H2,1H3;1H3. The molecule has 2 unspecified atom stereocenters. The maximum atomic E-state index is 13.7. The van der Waals surface area contributed by atoms with Gasteiger partial charge in [-0.2, -0.15) is 4.98 Å². The van der Waals surface area contributed by atoms with E-state index in [0.717, 1.165) is 24.1 Å². The van der Waals surface area contributed by atoms with Crippen LogP contribution in [0.25, 0.3) is 22.3 Å². The number of benzene rings is 1. The van der Waals surface area contributed by atoms with Crippen LogP contribution in [0.15, 0.2) is 24.4 Å². The summed E-state index contributed by atoms with van der Waals surface area (Å²) in [6, 6.07) is 6.23. The number of halogens is 4. The van der Waals surface area contributed by atoms with Crippen LogP contribution in [0.3, 0.4) is 0 Å². The van der Waals surface area contributed by atoms with Gasteiger partial charge in [0.05, 0.1) is 53.1 Å². The molecule has 4 saturated heterocycles. The predicted octanol–water partition coefficient (Wildman–Crippen LogP) is 10.2. The number of sulfone groups is 2. The quantitative estimate of drug-likeness (QED) is 0.0595. The molecule has 0 spiro atoms. The van der Waals surface area contributed by atoms with Crippen LogP contribution in [0, 0.1) is 0 Å². The van der Waals surface area contributed by atoms with Gasteiger partial charge in [-0.3, -0.25) is 0 Å². The lowest BCUT2D eigenvalue weighted by molar-refractivity contribution is 0.0638. The SMILES string of the molecule is CCC(I)I.CI.COc1ccc(-c2nc3c(c(C4(S(C)(=O)=O)CCOCC4)n2)OCC2COCCN32)c2ccn([Si](C(C)C)(C(C)C)C(C)C)c12.CS(=O)(=O)C1(c2nc(Cl)nc3c2OCC2COCCN32)CCOCC1. The van der Waals surface area contributed by atoms with Crippen LogP contribution in [-0.4, -0.2) is 167 Å². The first kappa shape index (κ1) is 62.9. The van der Waals surface area contributed by atoms with Gasteiger partial charge in [-0.05, 0) is 89.7 Å². The van der Waals surface area contributed by atoms with Gasteiger partial charge < -0.3 is 47.2 Å². The lowest BCUT2D eigenvalue weighted by Gasteiger charge is -2.44. The minimum absolute atomic E-state index is 0.00238. The van der Waals surface area contributed by atoms with Crippen LogP contribution in [-0.2, 0) is 48.1 Å². The van der Waals surface area contributed by atoms with E-state index in [1.807, 2.05) is 17.1 Å². The second-order valence-electron chi connectivity index (χ2n) is 21.2. The Morgan fingerprint density at radius 1 is 0.688 bits per heavy atom. The second kappa shape index (κ2) is 26.3. The molecule has 0 saturated carbocycles. The van der Waals surface area contributed by atoms with Crippen LogP contribution in [0.2, 0.25) is 21.9 Å². The highest BCUT2D eigenvalue weighted by atomic mass is 127. The zero-order chi connectivity index (χ0) is 56.3. The lowest BCUT2D eigenvalue weighted by atomic mass is 9.93. The molecule has 6 aliphatic heterocycles. The first-order valence-electron chi connectivity index (χ1n) is 26.4. The van der Waals surface area contributed by atoms with E-state index < -0.39 is 37.4 Å². The molecule has 0 amide bonds. The van der Waals surface area contributed by atoms with Gasteiger partial charge in [0.25, 0.3) is 0 Å². The minimum Gasteiger partial charge on any atom is -0.495 e. The number of hydrogen-bond acceptors (Lipinski definition) is 17. The van der Waals surface area contributed by atoms with Gasteiger partial charge in [-0.25, -0.2) is 31.8 Å². The van der Waals surface area contributed by atoms with Crippen molar-refractivity contribution in [3.05, 3.63) is 41.1 Å². The number of hydrogen-bond donors (Lipinski definition) is 0. The van der Waals surface area contributed by atoms with E-state index in [2.05, 4.69) is 153 Å². The van der Waals surface area contributed by atoms with Crippen molar-refractivity contribution in [3.63, 3.8) is 0 Å². The molecule has 6 aliphatic rings. The predicted molar refractivity (Wildman–Crippen MR) is 333 cm³/mol. The molecule has 25 heteroatoms. The molecule has 2 atom stereocenters. The van der Waals surface area contributed by atoms with E-state index in [1.165, 1.54) is 18.9 Å². The van der Waals surface area contributed by atoms with E-state index in [0.29, 0.717) is 162 Å². The third-order valence-electron chi connectivity index (χ3n) is 16.2. The molecule has 0 N–H and O–H groups in total. The highest BCUT2D eigenvalue weighted by Gasteiger charge is 2.52. The molecule has 1 aromatic carbocycles. The smallest absolute Gasteiger partial charge is 0.224 e. The Bertz CT molecular complexity index is 2890. The van der Waals surface area contributed by atoms with Crippen molar-refractivity contribution in [1.29, 1.82) is 0 Å². The Kier molecular flexibility index (Phi) is 21.5. The molecule has 430 valence electrons. The summed E-state index contributed by atoms with van der Waals surface area (Å²) in [6.45, 7) is 22.0. The first-order valence-corrected chi connectivity index (χ1v) is 37.4. The van der Waals surface area contributed by atoms with E-state index in [-0.39, 0.29) is 17.4 Å². The number of alkyl halides is 3. The number of anilines is 2. The fourth-order valence-corrected chi connectivity index (χ4v) is 22.0. The molecule has 18 nitrogen and oxygen atoms in total. The molecular weight excluding hydrogens is 1410 g/mol. The number of methoxy groups -OCH3 is 1. The highest BCUT2D eigenvalue weighted by Crippen LogP contribution is 2.52. The summed E-state index contributed by atoms with van der Waals surface area (Å²) in [7, 11) is -7.51. The monoisotopic (exact) mass is 1480 g/mol. The summed E-state index contributed by atoms with van der Waals surface area (Å²) in [5.41, 5.74) is 4.13. The van der Waals surface area contributed by atoms with Crippen LogP contribution in [0.4, 0.5) is 11.6 Å². The Labute approximate surface area is 503 Å². The molecule has 4 aromatic rings. The summed E-state index contributed by atoms with van der Waals surface area (Å²) in [4.78, 5) is 25.3. The van der Waals surface area contributed by atoms with Gasteiger partial charge in [0, 0.05) is 63.0 Å². The fraction of sp³-hybridized carbons (Fsp3) is 0.692. The molecule has 10 rings (SSSR count). The third kappa shape index (κ3) is 12.2. The maximum absolute atomic E-state index is 13.7. The number of aromatic nitrogens is 5. The molecular formula is C52H77ClI3N7O11S2Si. The van der Waals surface area contributed by atoms with Crippen LogP contribution in [0.5, 0.6) is 17.2 Å². The van der Waals surface area contributed by atoms with Crippen LogP contribution in [0.1, 0.15) is 92.0 Å². The summed E-state index contributed by atoms with van der Waals surface area (Å²) in [5.74, 6) is 3.40. The highest BCUT2D eigenvalue weighted by molar-refractivity contribution is 14.2. The maximum Gasteiger partial charge on any atom is 0.224 e. The largest absolute Gasteiger partial charge is 0.495 e. The van der Waals surface area contributed by atoms with Gasteiger partial charge in [0.2, 0.25) is 5.28 Å². The average molecular weight is 1480 g/mol. The summed E-state index contributed by atoms with van der Waals surface area (Å²) in [5, 5.41) is 1.02. The molecule has 9 heterocycles. The number of ether oxygens (including phenoxy) is 7. The van der Waals surface area contributed by atoms with Gasteiger partial charge in [0.1, 0.15) is 39.8 Å². The number of rotatable bonds is 11. The first-order chi connectivity index (χ1) is 36.6. The Hall–Kier alpha value is -1.64. The Balaban J connectivity index is 0.000000225. The zero-order valence-electron chi connectivity index (χ0n) is 46.2. The lowest BCUT2D eigenvalue weighted by Crippen LogP contribution is -2.52. The van der Waals surface area contributed by atoms with Gasteiger partial charge in [0.15, 0.2) is 56.9 Å². The van der Waals surface area contributed by atoms with Crippen molar-refractivity contribution in [3.8, 4) is 28.6 Å². The Morgan fingerprint density at radius 3 is 1.57 bits per heavy atom. The molecule has 0 aliphatic carbocycles. The van der Waals surface area contributed by atoms with Gasteiger partial charge >= 0.3 is 0 Å². The molecule has 4 fully saturated rings. The second-order valence-corrected chi connectivity index (χ2v) is 37.3. The van der Waals surface area contributed by atoms with Crippen LogP contribution >= 0.6 is 79.4 Å².